The van der Waals surface area contributed by atoms with Crippen molar-refractivity contribution in [1.82, 2.24) is 5.32 Å². The van der Waals surface area contributed by atoms with Gasteiger partial charge in [-0.2, -0.15) is 0 Å². The van der Waals surface area contributed by atoms with E-state index in [2.05, 4.69) is 10.6 Å². The lowest BCUT2D eigenvalue weighted by Gasteiger charge is -2.24. The molecule has 0 aliphatic carbocycles. The molecule has 0 bridgehead atoms. The van der Waals surface area contributed by atoms with Crippen molar-refractivity contribution in [2.24, 2.45) is 5.92 Å². The average molecular weight is 285 g/mol. The van der Waals surface area contributed by atoms with Gasteiger partial charge in [-0.15, -0.1) is 0 Å². The highest BCUT2D eigenvalue weighted by molar-refractivity contribution is 6.33. The number of nitrogens with one attached hydrogen (secondary N) is 2. The molecule has 1 aliphatic rings. The van der Waals surface area contributed by atoms with E-state index in [4.69, 9.17) is 16.3 Å². The van der Waals surface area contributed by atoms with Gasteiger partial charge in [0.1, 0.15) is 5.75 Å². The van der Waals surface area contributed by atoms with E-state index in [1.54, 1.807) is 13.2 Å². The first kappa shape index (κ1) is 14.4. The molecular weight excluding hydrogens is 264 g/mol. The summed E-state index contributed by atoms with van der Waals surface area (Å²) < 4.78 is 5.25. The van der Waals surface area contributed by atoms with Gasteiger partial charge in [0.05, 0.1) is 24.4 Å². The summed E-state index contributed by atoms with van der Waals surface area (Å²) in [7, 11) is 1.59. The van der Waals surface area contributed by atoms with Crippen LogP contribution in [-0.2, 0) is 6.61 Å². The van der Waals surface area contributed by atoms with Gasteiger partial charge >= 0.3 is 0 Å². The molecular formula is C14H21ClN2O2. The first-order valence-corrected chi connectivity index (χ1v) is 7.04. The molecule has 3 N–H and O–H groups in total. The number of hydrogen-bond acceptors (Lipinski definition) is 4. The highest BCUT2D eigenvalue weighted by Crippen LogP contribution is 2.31. The summed E-state index contributed by atoms with van der Waals surface area (Å²) in [4.78, 5) is 0. The number of piperidine rings is 1. The van der Waals surface area contributed by atoms with Crippen LogP contribution in [0, 0.1) is 5.92 Å². The number of benzene rings is 1. The van der Waals surface area contributed by atoms with Crippen molar-refractivity contribution in [1.29, 1.82) is 0 Å². The van der Waals surface area contributed by atoms with Crippen molar-refractivity contribution < 1.29 is 9.84 Å². The summed E-state index contributed by atoms with van der Waals surface area (Å²) in [6, 6.07) is 3.60. The fraction of sp³-hybridized carbons (Fsp3) is 0.571. The van der Waals surface area contributed by atoms with Crippen LogP contribution in [0.4, 0.5) is 5.69 Å². The molecule has 0 saturated carbocycles. The van der Waals surface area contributed by atoms with E-state index in [1.807, 2.05) is 6.07 Å². The normalized spacial score (nSPS) is 19.2. The van der Waals surface area contributed by atoms with Crippen molar-refractivity contribution in [3.8, 4) is 5.75 Å². The lowest BCUT2D eigenvalue weighted by molar-refractivity contribution is 0.274. The van der Waals surface area contributed by atoms with Gasteiger partial charge in [0.2, 0.25) is 0 Å². The minimum absolute atomic E-state index is 0.0737. The number of ether oxygens (including phenoxy) is 1. The summed E-state index contributed by atoms with van der Waals surface area (Å²) in [5.41, 5.74) is 1.57. The largest absolute Gasteiger partial charge is 0.496 e. The van der Waals surface area contributed by atoms with Crippen LogP contribution in [0.2, 0.25) is 5.02 Å². The second kappa shape index (κ2) is 6.98. The average Bonchev–Trinajstić information content (AvgIpc) is 2.46. The van der Waals surface area contributed by atoms with Gasteiger partial charge < -0.3 is 20.5 Å². The number of anilines is 1. The number of halogens is 1. The number of aliphatic hydroxyl groups excluding tert-OH is 1. The predicted molar refractivity (Wildman–Crippen MR) is 78.0 cm³/mol. The summed E-state index contributed by atoms with van der Waals surface area (Å²) in [5.74, 6) is 1.30. The van der Waals surface area contributed by atoms with E-state index in [0.717, 1.165) is 25.3 Å². The van der Waals surface area contributed by atoms with Gasteiger partial charge in [0.15, 0.2) is 0 Å². The Balaban J connectivity index is 2.02. The number of rotatable bonds is 5. The molecule has 19 heavy (non-hydrogen) atoms. The van der Waals surface area contributed by atoms with Gasteiger partial charge in [-0.1, -0.05) is 11.6 Å². The monoisotopic (exact) mass is 284 g/mol. The predicted octanol–water partition coefficient (Wildman–Crippen LogP) is 2.25. The van der Waals surface area contributed by atoms with E-state index < -0.39 is 0 Å². The molecule has 0 radical (unpaired) electrons. The van der Waals surface area contributed by atoms with E-state index in [9.17, 15) is 5.11 Å². The summed E-state index contributed by atoms with van der Waals surface area (Å²) >= 11 is 6.21. The molecule has 4 nitrogen and oxygen atoms in total. The Kier molecular flexibility index (Phi) is 5.31. The molecule has 2 rings (SSSR count). The first-order valence-electron chi connectivity index (χ1n) is 6.66. The third-order valence-electron chi connectivity index (χ3n) is 3.52. The van der Waals surface area contributed by atoms with Gasteiger partial charge in [-0.05, 0) is 37.9 Å². The van der Waals surface area contributed by atoms with Crippen LogP contribution in [-0.4, -0.2) is 31.9 Å². The van der Waals surface area contributed by atoms with E-state index >= 15 is 0 Å². The highest BCUT2D eigenvalue weighted by atomic mass is 35.5. The molecule has 1 fully saturated rings. The molecule has 0 spiro atoms. The molecule has 5 heteroatoms. The molecule has 1 unspecified atom stereocenters. The van der Waals surface area contributed by atoms with Crippen LogP contribution in [0.15, 0.2) is 12.1 Å². The Hall–Kier alpha value is -0.970. The van der Waals surface area contributed by atoms with Crippen LogP contribution < -0.4 is 15.4 Å². The Labute approximate surface area is 119 Å². The van der Waals surface area contributed by atoms with Crippen molar-refractivity contribution in [3.05, 3.63) is 22.7 Å². The maximum absolute atomic E-state index is 9.23. The number of aliphatic hydroxyl groups is 1. The molecule has 1 heterocycles. The lowest BCUT2D eigenvalue weighted by atomic mass is 9.99. The molecule has 106 valence electrons. The second-order valence-corrected chi connectivity index (χ2v) is 5.30. The van der Waals surface area contributed by atoms with Crippen LogP contribution in [0.25, 0.3) is 0 Å². The number of methoxy groups -OCH3 is 1. The zero-order valence-corrected chi connectivity index (χ0v) is 12.0. The molecule has 1 aromatic rings. The fourth-order valence-electron chi connectivity index (χ4n) is 2.40. The highest BCUT2D eigenvalue weighted by Gasteiger charge is 2.14. The Morgan fingerprint density at radius 2 is 2.37 bits per heavy atom. The van der Waals surface area contributed by atoms with E-state index in [1.165, 1.54) is 12.8 Å². The summed E-state index contributed by atoms with van der Waals surface area (Å²) in [6.07, 6.45) is 2.47. The van der Waals surface area contributed by atoms with Crippen LogP contribution in [0.1, 0.15) is 18.4 Å². The Bertz CT molecular complexity index is 420. The zero-order chi connectivity index (χ0) is 13.7. The van der Waals surface area contributed by atoms with Crippen LogP contribution in [0.5, 0.6) is 5.75 Å². The molecule has 0 aromatic heterocycles. The van der Waals surface area contributed by atoms with Crippen molar-refractivity contribution in [2.45, 2.75) is 19.4 Å². The number of hydrogen-bond donors (Lipinski definition) is 3. The van der Waals surface area contributed by atoms with E-state index in [0.29, 0.717) is 22.3 Å². The Morgan fingerprint density at radius 3 is 3.00 bits per heavy atom. The topological polar surface area (TPSA) is 53.5 Å². The standard InChI is InChI=1S/C14H21ClN2O2/c1-19-14-6-13(12(15)5-11(14)9-18)17-8-10-3-2-4-16-7-10/h5-6,10,16-18H,2-4,7-9H2,1H3. The van der Waals surface area contributed by atoms with Crippen molar-refractivity contribution in [2.75, 3.05) is 32.1 Å². The van der Waals surface area contributed by atoms with Crippen LogP contribution >= 0.6 is 11.6 Å². The van der Waals surface area contributed by atoms with Gasteiger partial charge in [-0.25, -0.2) is 0 Å². The molecule has 1 atom stereocenters. The maximum atomic E-state index is 9.23. The summed E-state index contributed by atoms with van der Waals surface area (Å²) in [5, 5.41) is 16.6. The van der Waals surface area contributed by atoms with E-state index in [-0.39, 0.29) is 6.61 Å². The zero-order valence-electron chi connectivity index (χ0n) is 11.2. The molecule has 1 aliphatic heterocycles. The smallest absolute Gasteiger partial charge is 0.126 e. The molecule has 0 amide bonds. The maximum Gasteiger partial charge on any atom is 0.126 e. The fourth-order valence-corrected chi connectivity index (χ4v) is 2.65. The lowest BCUT2D eigenvalue weighted by Crippen LogP contribution is -2.33. The van der Waals surface area contributed by atoms with Gasteiger partial charge in [-0.3, -0.25) is 0 Å². The van der Waals surface area contributed by atoms with Crippen LogP contribution in [0.3, 0.4) is 0 Å². The minimum Gasteiger partial charge on any atom is -0.496 e. The van der Waals surface area contributed by atoms with Gasteiger partial charge in [0.25, 0.3) is 0 Å². The second-order valence-electron chi connectivity index (χ2n) is 4.90. The third-order valence-corrected chi connectivity index (χ3v) is 3.83. The molecule has 1 saturated heterocycles. The first-order chi connectivity index (χ1) is 9.24. The van der Waals surface area contributed by atoms with Gasteiger partial charge in [0, 0.05) is 18.2 Å². The molecule has 1 aromatic carbocycles. The summed E-state index contributed by atoms with van der Waals surface area (Å²) in [6.45, 7) is 3.00. The SMILES string of the molecule is COc1cc(NCC2CCCNC2)c(Cl)cc1CO. The quantitative estimate of drug-likeness (QED) is 0.776. The minimum atomic E-state index is -0.0737. The van der Waals surface area contributed by atoms with Crippen molar-refractivity contribution >= 4 is 17.3 Å². The van der Waals surface area contributed by atoms with Crippen molar-refractivity contribution in [3.63, 3.8) is 0 Å². The third kappa shape index (κ3) is 3.75. The Morgan fingerprint density at radius 1 is 1.53 bits per heavy atom.